The van der Waals surface area contributed by atoms with E-state index in [1.165, 1.54) is 6.07 Å². The van der Waals surface area contributed by atoms with Crippen LogP contribution in [0.1, 0.15) is 6.92 Å². The maximum Gasteiger partial charge on any atom is 0.341 e. The lowest BCUT2D eigenvalue weighted by atomic mass is 10.3. The lowest BCUT2D eigenvalue weighted by Crippen LogP contribution is -2.09. The van der Waals surface area contributed by atoms with Crippen LogP contribution in [-0.2, 0) is 4.79 Å². The summed E-state index contributed by atoms with van der Waals surface area (Å²) in [5.74, 6) is -0.902. The second-order valence-electron chi connectivity index (χ2n) is 2.72. The Hall–Kier alpha value is -1.91. The molecule has 0 bridgehead atoms. The molecule has 0 saturated heterocycles. The van der Waals surface area contributed by atoms with Crippen LogP contribution in [0.2, 0.25) is 0 Å². The molecular weight excluding hydrogens is 200 g/mol. The number of rotatable bonds is 5. The first kappa shape index (κ1) is 11.2. The molecule has 15 heavy (non-hydrogen) atoms. The molecule has 5 heteroatoms. The van der Waals surface area contributed by atoms with E-state index in [0.717, 1.165) is 0 Å². The Labute approximate surface area is 86.9 Å². The minimum absolute atomic E-state index is 0.100. The number of aliphatic carboxylic acids is 1. The van der Waals surface area contributed by atoms with Crippen LogP contribution in [0.15, 0.2) is 18.2 Å². The van der Waals surface area contributed by atoms with Crippen molar-refractivity contribution in [2.24, 2.45) is 0 Å². The third-order valence-corrected chi connectivity index (χ3v) is 1.61. The summed E-state index contributed by atoms with van der Waals surface area (Å²) in [6.45, 7) is 1.70. The normalized spacial score (nSPS) is 9.67. The monoisotopic (exact) mass is 212 g/mol. The maximum atomic E-state index is 10.3. The summed E-state index contributed by atoms with van der Waals surface area (Å²) >= 11 is 0. The van der Waals surface area contributed by atoms with Gasteiger partial charge in [0.05, 0.1) is 6.61 Å². The fraction of sp³-hybridized carbons (Fsp3) is 0.300. The fourth-order valence-electron chi connectivity index (χ4n) is 1.03. The number of benzene rings is 1. The van der Waals surface area contributed by atoms with Gasteiger partial charge in [-0.1, -0.05) is 6.07 Å². The standard InChI is InChI=1S/C10H12O5/c1-2-14-7-4-3-5-8(10(7)13)15-6-9(11)12/h3-5,13H,2,6H2,1H3,(H,11,12). The van der Waals surface area contributed by atoms with Gasteiger partial charge in [0, 0.05) is 0 Å². The second kappa shape index (κ2) is 5.09. The van der Waals surface area contributed by atoms with Gasteiger partial charge in [-0.05, 0) is 19.1 Å². The molecule has 5 nitrogen and oxygen atoms in total. The van der Waals surface area contributed by atoms with Crippen molar-refractivity contribution < 1.29 is 24.5 Å². The Kier molecular flexibility index (Phi) is 3.79. The van der Waals surface area contributed by atoms with Crippen molar-refractivity contribution in [2.45, 2.75) is 6.92 Å². The van der Waals surface area contributed by atoms with Crippen LogP contribution in [0.4, 0.5) is 0 Å². The molecule has 0 amide bonds. The fourth-order valence-corrected chi connectivity index (χ4v) is 1.03. The lowest BCUT2D eigenvalue weighted by molar-refractivity contribution is -0.139. The number of carboxylic acids is 1. The van der Waals surface area contributed by atoms with Crippen LogP contribution in [0.5, 0.6) is 17.2 Å². The van der Waals surface area contributed by atoms with Gasteiger partial charge in [0.2, 0.25) is 5.75 Å². The van der Waals surface area contributed by atoms with E-state index in [2.05, 4.69) is 0 Å². The van der Waals surface area contributed by atoms with E-state index in [4.69, 9.17) is 14.6 Å². The number of para-hydroxylation sites is 1. The molecule has 82 valence electrons. The minimum atomic E-state index is -1.10. The van der Waals surface area contributed by atoms with Gasteiger partial charge in [0.25, 0.3) is 0 Å². The van der Waals surface area contributed by atoms with Crippen molar-refractivity contribution in [3.05, 3.63) is 18.2 Å². The van der Waals surface area contributed by atoms with Gasteiger partial charge in [-0.25, -0.2) is 4.79 Å². The zero-order valence-electron chi connectivity index (χ0n) is 8.27. The maximum absolute atomic E-state index is 10.3. The molecule has 0 aliphatic carbocycles. The largest absolute Gasteiger partial charge is 0.502 e. The third kappa shape index (κ3) is 3.05. The molecule has 0 aliphatic heterocycles. The van der Waals surface area contributed by atoms with E-state index in [1.54, 1.807) is 19.1 Å². The van der Waals surface area contributed by atoms with Gasteiger partial charge in [-0.3, -0.25) is 0 Å². The average Bonchev–Trinajstić information content (AvgIpc) is 2.19. The van der Waals surface area contributed by atoms with Gasteiger partial charge >= 0.3 is 5.97 Å². The van der Waals surface area contributed by atoms with Crippen LogP contribution in [-0.4, -0.2) is 29.4 Å². The third-order valence-electron chi connectivity index (χ3n) is 1.61. The number of carboxylic acid groups (broad SMARTS) is 1. The summed E-state index contributed by atoms with van der Waals surface area (Å²) in [7, 11) is 0. The molecule has 1 aromatic rings. The van der Waals surface area contributed by atoms with Gasteiger partial charge in [-0.15, -0.1) is 0 Å². The predicted molar refractivity (Wildman–Crippen MR) is 52.4 cm³/mol. The van der Waals surface area contributed by atoms with E-state index < -0.39 is 12.6 Å². The Morgan fingerprint density at radius 2 is 1.93 bits per heavy atom. The van der Waals surface area contributed by atoms with Gasteiger partial charge in [0.1, 0.15) is 0 Å². The van der Waals surface area contributed by atoms with E-state index in [9.17, 15) is 9.90 Å². The summed E-state index contributed by atoms with van der Waals surface area (Å²) in [6.07, 6.45) is 0. The molecule has 0 spiro atoms. The average molecular weight is 212 g/mol. The number of phenols is 1. The Morgan fingerprint density at radius 1 is 1.33 bits per heavy atom. The molecule has 0 radical (unpaired) electrons. The topological polar surface area (TPSA) is 76.0 Å². The first-order chi connectivity index (χ1) is 7.15. The first-order valence-corrected chi connectivity index (χ1v) is 4.44. The highest BCUT2D eigenvalue weighted by molar-refractivity contribution is 5.68. The van der Waals surface area contributed by atoms with Gasteiger partial charge in [0.15, 0.2) is 18.1 Å². The summed E-state index contributed by atoms with van der Waals surface area (Å²) in [6, 6.07) is 4.66. The number of phenolic OH excluding ortho intramolecular Hbond substituents is 1. The molecular formula is C10H12O5. The number of carbonyl (C=O) groups is 1. The van der Waals surface area contributed by atoms with Crippen LogP contribution >= 0.6 is 0 Å². The number of hydrogen-bond acceptors (Lipinski definition) is 4. The summed E-state index contributed by atoms with van der Waals surface area (Å²) < 4.78 is 9.96. The quantitative estimate of drug-likeness (QED) is 0.768. The SMILES string of the molecule is CCOc1cccc(OCC(=O)O)c1O. The van der Waals surface area contributed by atoms with E-state index >= 15 is 0 Å². The summed E-state index contributed by atoms with van der Waals surface area (Å²) in [5, 5.41) is 18.0. The molecule has 0 fully saturated rings. The van der Waals surface area contributed by atoms with E-state index in [1.807, 2.05) is 0 Å². The van der Waals surface area contributed by atoms with E-state index in [0.29, 0.717) is 6.61 Å². The number of ether oxygens (including phenoxy) is 2. The predicted octanol–water partition coefficient (Wildman–Crippen LogP) is 1.25. The Morgan fingerprint density at radius 3 is 2.47 bits per heavy atom. The van der Waals surface area contributed by atoms with Crippen molar-refractivity contribution in [3.8, 4) is 17.2 Å². The van der Waals surface area contributed by atoms with Crippen LogP contribution < -0.4 is 9.47 Å². The molecule has 0 atom stereocenters. The first-order valence-electron chi connectivity index (χ1n) is 4.44. The summed E-state index contributed by atoms with van der Waals surface area (Å²) in [5.41, 5.74) is 0. The van der Waals surface area contributed by atoms with Crippen LogP contribution in [0.25, 0.3) is 0 Å². The molecule has 1 aromatic carbocycles. The van der Waals surface area contributed by atoms with Crippen molar-refractivity contribution in [1.29, 1.82) is 0 Å². The molecule has 0 saturated carbocycles. The molecule has 0 unspecified atom stereocenters. The number of aromatic hydroxyl groups is 1. The molecule has 0 heterocycles. The number of hydrogen-bond donors (Lipinski definition) is 2. The van der Waals surface area contributed by atoms with Gasteiger partial charge in [-0.2, -0.15) is 0 Å². The molecule has 0 aliphatic rings. The van der Waals surface area contributed by atoms with Gasteiger partial charge < -0.3 is 19.7 Å². The van der Waals surface area contributed by atoms with Crippen molar-refractivity contribution in [2.75, 3.05) is 13.2 Å². The second-order valence-corrected chi connectivity index (χ2v) is 2.72. The van der Waals surface area contributed by atoms with Crippen LogP contribution in [0, 0.1) is 0 Å². The highest BCUT2D eigenvalue weighted by Crippen LogP contribution is 2.35. The summed E-state index contributed by atoms with van der Waals surface area (Å²) in [4.78, 5) is 10.3. The molecule has 2 N–H and O–H groups in total. The zero-order valence-corrected chi connectivity index (χ0v) is 8.27. The van der Waals surface area contributed by atoms with Crippen LogP contribution in [0.3, 0.4) is 0 Å². The zero-order chi connectivity index (χ0) is 11.3. The minimum Gasteiger partial charge on any atom is -0.502 e. The van der Waals surface area contributed by atoms with Crippen molar-refractivity contribution >= 4 is 5.97 Å². The smallest absolute Gasteiger partial charge is 0.341 e. The van der Waals surface area contributed by atoms with E-state index in [-0.39, 0.29) is 17.2 Å². The molecule has 0 aromatic heterocycles. The lowest BCUT2D eigenvalue weighted by Gasteiger charge is -2.09. The Bertz CT molecular complexity index is 348. The molecule has 1 rings (SSSR count). The Balaban J connectivity index is 2.79. The van der Waals surface area contributed by atoms with Crippen molar-refractivity contribution in [1.82, 2.24) is 0 Å². The highest BCUT2D eigenvalue weighted by Gasteiger charge is 2.09. The van der Waals surface area contributed by atoms with Crippen molar-refractivity contribution in [3.63, 3.8) is 0 Å². The highest BCUT2D eigenvalue weighted by atomic mass is 16.5.